The van der Waals surface area contributed by atoms with E-state index in [-0.39, 0.29) is 11.7 Å². The summed E-state index contributed by atoms with van der Waals surface area (Å²) in [5.74, 6) is -0.0943. The van der Waals surface area contributed by atoms with Crippen LogP contribution in [0, 0.1) is 0 Å². The fourth-order valence-corrected chi connectivity index (χ4v) is 2.65. The highest BCUT2D eigenvalue weighted by Crippen LogP contribution is 2.30. The zero-order valence-corrected chi connectivity index (χ0v) is 11.9. The summed E-state index contributed by atoms with van der Waals surface area (Å²) in [5, 5.41) is 10.6. The number of nitrogens with zero attached hydrogens (tertiary/aromatic N) is 1. The molecule has 1 heterocycles. The van der Waals surface area contributed by atoms with Gasteiger partial charge in [-0.05, 0) is 17.5 Å². The molecule has 1 amide bonds. The molecular weight excluding hydrogens is 262 g/mol. The number of carbonyl (C=O) groups is 1. The monoisotopic (exact) mass is 279 g/mol. The third kappa shape index (κ3) is 2.42. The number of hydrogen-bond donors (Lipinski definition) is 1. The van der Waals surface area contributed by atoms with Crippen LogP contribution in [0.2, 0.25) is 0 Å². The van der Waals surface area contributed by atoms with Crippen LogP contribution in [0.5, 0.6) is 0 Å². The summed E-state index contributed by atoms with van der Waals surface area (Å²) >= 11 is 0. The fourth-order valence-electron chi connectivity index (χ4n) is 2.65. The van der Waals surface area contributed by atoms with Gasteiger partial charge in [0.25, 0.3) is 5.91 Å². The molecule has 1 aliphatic rings. The van der Waals surface area contributed by atoms with Gasteiger partial charge in [0.15, 0.2) is 0 Å². The molecule has 106 valence electrons. The van der Waals surface area contributed by atoms with Crippen molar-refractivity contribution in [3.05, 3.63) is 71.3 Å². The maximum absolute atomic E-state index is 12.6. The predicted octanol–water partition coefficient (Wildman–Crippen LogP) is 3.13. The fraction of sp³-hybridized carbons (Fsp3) is 0.167. The first kappa shape index (κ1) is 13.4. The zero-order valence-electron chi connectivity index (χ0n) is 11.9. The van der Waals surface area contributed by atoms with Crippen LogP contribution < -0.4 is 0 Å². The minimum Gasteiger partial charge on any atom is -0.506 e. The van der Waals surface area contributed by atoms with Crippen molar-refractivity contribution in [2.24, 2.45) is 0 Å². The summed E-state index contributed by atoms with van der Waals surface area (Å²) in [4.78, 5) is 14.3. The van der Waals surface area contributed by atoms with Gasteiger partial charge in [0.1, 0.15) is 5.76 Å². The summed E-state index contributed by atoms with van der Waals surface area (Å²) in [6, 6.07) is 17.0. The van der Waals surface area contributed by atoms with Crippen molar-refractivity contribution in [3.8, 4) is 0 Å². The quantitative estimate of drug-likeness (QED) is 0.643. The lowest BCUT2D eigenvalue weighted by Gasteiger charge is -2.16. The van der Waals surface area contributed by atoms with Crippen LogP contribution >= 0.6 is 0 Å². The summed E-state index contributed by atoms with van der Waals surface area (Å²) in [7, 11) is 1.77. The Morgan fingerprint density at radius 3 is 2.48 bits per heavy atom. The van der Waals surface area contributed by atoms with Crippen molar-refractivity contribution >= 4 is 17.2 Å². The number of likely N-dealkylation sites (N-methyl/N-ethyl adjacent to an activating group) is 1. The standard InChI is InChI=1S/C18H17NO2/c1-19-12-11-13-7-5-6-10-15(13)16(18(19)21)17(20)14-8-3-2-4-9-14/h2-10,20H,11-12H2,1H3. The van der Waals surface area contributed by atoms with Gasteiger partial charge in [-0.3, -0.25) is 4.79 Å². The van der Waals surface area contributed by atoms with Gasteiger partial charge in [0.05, 0.1) is 5.57 Å². The highest BCUT2D eigenvalue weighted by molar-refractivity contribution is 6.26. The maximum Gasteiger partial charge on any atom is 0.258 e. The first-order valence-electron chi connectivity index (χ1n) is 7.01. The van der Waals surface area contributed by atoms with E-state index in [0.29, 0.717) is 17.7 Å². The normalized spacial score (nSPS) is 17.2. The SMILES string of the molecule is CN1CCc2ccccc2C(=C(O)c2ccccc2)C1=O. The van der Waals surface area contributed by atoms with Gasteiger partial charge in [0, 0.05) is 19.2 Å². The highest BCUT2D eigenvalue weighted by atomic mass is 16.3. The van der Waals surface area contributed by atoms with Crippen LogP contribution in [-0.4, -0.2) is 29.5 Å². The van der Waals surface area contributed by atoms with E-state index in [9.17, 15) is 9.90 Å². The molecule has 0 saturated heterocycles. The van der Waals surface area contributed by atoms with Crippen LogP contribution in [0.1, 0.15) is 16.7 Å². The van der Waals surface area contributed by atoms with E-state index in [1.165, 1.54) is 0 Å². The highest BCUT2D eigenvalue weighted by Gasteiger charge is 2.26. The molecule has 3 heteroatoms. The molecule has 3 rings (SSSR count). The van der Waals surface area contributed by atoms with Crippen molar-refractivity contribution in [1.82, 2.24) is 4.90 Å². The second-order valence-electron chi connectivity index (χ2n) is 5.22. The number of aliphatic hydroxyl groups is 1. The number of aliphatic hydroxyl groups excluding tert-OH is 1. The Hall–Kier alpha value is -2.55. The van der Waals surface area contributed by atoms with E-state index in [2.05, 4.69) is 0 Å². The molecule has 2 aromatic rings. The molecule has 0 spiro atoms. The van der Waals surface area contributed by atoms with Crippen LogP contribution in [-0.2, 0) is 11.2 Å². The van der Waals surface area contributed by atoms with Gasteiger partial charge >= 0.3 is 0 Å². The smallest absolute Gasteiger partial charge is 0.258 e. The van der Waals surface area contributed by atoms with Crippen molar-refractivity contribution < 1.29 is 9.90 Å². The molecule has 0 atom stereocenters. The summed E-state index contributed by atoms with van der Waals surface area (Å²) in [6.07, 6.45) is 0.796. The van der Waals surface area contributed by atoms with Crippen LogP contribution in [0.15, 0.2) is 54.6 Å². The minimum atomic E-state index is -0.138. The molecule has 0 aromatic heterocycles. The van der Waals surface area contributed by atoms with E-state index in [4.69, 9.17) is 0 Å². The largest absolute Gasteiger partial charge is 0.506 e. The summed E-state index contributed by atoms with van der Waals surface area (Å²) in [5.41, 5.74) is 2.96. The van der Waals surface area contributed by atoms with Crippen molar-refractivity contribution in [2.75, 3.05) is 13.6 Å². The Morgan fingerprint density at radius 1 is 1.05 bits per heavy atom. The zero-order chi connectivity index (χ0) is 14.8. The van der Waals surface area contributed by atoms with Gasteiger partial charge in [-0.25, -0.2) is 0 Å². The number of benzene rings is 2. The van der Waals surface area contributed by atoms with Crippen molar-refractivity contribution in [1.29, 1.82) is 0 Å². The van der Waals surface area contributed by atoms with E-state index in [1.54, 1.807) is 11.9 Å². The van der Waals surface area contributed by atoms with Gasteiger partial charge in [-0.1, -0.05) is 54.6 Å². The lowest BCUT2D eigenvalue weighted by Crippen LogP contribution is -2.27. The number of fused-ring (bicyclic) bond motifs is 1. The van der Waals surface area contributed by atoms with Crippen LogP contribution in [0.25, 0.3) is 11.3 Å². The Balaban J connectivity index is 2.24. The molecule has 21 heavy (non-hydrogen) atoms. The summed E-state index contributed by atoms with van der Waals surface area (Å²) in [6.45, 7) is 0.654. The van der Waals surface area contributed by atoms with Gasteiger partial charge < -0.3 is 10.0 Å². The maximum atomic E-state index is 12.6. The Labute approximate surface area is 124 Å². The molecule has 1 N–H and O–H groups in total. The van der Waals surface area contributed by atoms with E-state index in [0.717, 1.165) is 17.5 Å². The lowest BCUT2D eigenvalue weighted by molar-refractivity contribution is -0.123. The number of amides is 1. The Kier molecular flexibility index (Phi) is 3.48. The molecule has 1 aliphatic heterocycles. The average molecular weight is 279 g/mol. The first-order chi connectivity index (χ1) is 10.2. The van der Waals surface area contributed by atoms with Gasteiger partial charge in [-0.2, -0.15) is 0 Å². The molecule has 0 aliphatic carbocycles. The van der Waals surface area contributed by atoms with Crippen molar-refractivity contribution in [3.63, 3.8) is 0 Å². The molecular formula is C18H17NO2. The summed E-state index contributed by atoms with van der Waals surface area (Å²) < 4.78 is 0. The Morgan fingerprint density at radius 2 is 1.71 bits per heavy atom. The van der Waals surface area contributed by atoms with E-state index < -0.39 is 0 Å². The van der Waals surface area contributed by atoms with E-state index >= 15 is 0 Å². The molecule has 0 unspecified atom stereocenters. The predicted molar refractivity (Wildman–Crippen MR) is 83.7 cm³/mol. The van der Waals surface area contributed by atoms with Crippen molar-refractivity contribution in [2.45, 2.75) is 6.42 Å². The van der Waals surface area contributed by atoms with E-state index in [1.807, 2.05) is 54.6 Å². The minimum absolute atomic E-state index is 0.0433. The first-order valence-corrected chi connectivity index (χ1v) is 7.01. The number of carbonyl (C=O) groups excluding carboxylic acids is 1. The average Bonchev–Trinajstić information content (AvgIpc) is 2.65. The molecule has 0 radical (unpaired) electrons. The Bertz CT molecular complexity index is 704. The third-order valence-electron chi connectivity index (χ3n) is 3.85. The molecule has 2 aromatic carbocycles. The molecule has 3 nitrogen and oxygen atoms in total. The van der Waals surface area contributed by atoms with Gasteiger partial charge in [0.2, 0.25) is 0 Å². The topological polar surface area (TPSA) is 40.5 Å². The molecule has 0 saturated carbocycles. The second-order valence-corrected chi connectivity index (χ2v) is 5.22. The molecule has 0 fully saturated rings. The van der Waals surface area contributed by atoms with Gasteiger partial charge in [-0.15, -0.1) is 0 Å². The van der Waals surface area contributed by atoms with Crippen LogP contribution in [0.4, 0.5) is 0 Å². The lowest BCUT2D eigenvalue weighted by atomic mass is 9.95. The second kappa shape index (κ2) is 5.44. The number of hydrogen-bond acceptors (Lipinski definition) is 2. The third-order valence-corrected chi connectivity index (χ3v) is 3.85. The molecule has 0 bridgehead atoms. The number of rotatable bonds is 1. The van der Waals surface area contributed by atoms with Crippen LogP contribution in [0.3, 0.4) is 0 Å².